The molecule has 0 aromatic heterocycles. The molecule has 2 atom stereocenters. The third kappa shape index (κ3) is 9.80. The molecule has 2 rings (SSSR count). The van der Waals surface area contributed by atoms with E-state index < -0.39 is 0 Å². The lowest BCUT2D eigenvalue weighted by atomic mass is 10.1. The van der Waals surface area contributed by atoms with Gasteiger partial charge in [-0.05, 0) is 31.3 Å². The maximum atomic E-state index is 5.95. The molecule has 0 saturated carbocycles. The van der Waals surface area contributed by atoms with Gasteiger partial charge in [-0.25, -0.2) is 0 Å². The second-order valence-electron chi connectivity index (χ2n) is 6.61. The van der Waals surface area contributed by atoms with Gasteiger partial charge >= 0.3 is 0 Å². The summed E-state index contributed by atoms with van der Waals surface area (Å²) in [5.41, 5.74) is 0.955. The Balaban J connectivity index is 1.73. The highest BCUT2D eigenvalue weighted by Gasteiger charge is 2.26. The van der Waals surface area contributed by atoms with Crippen molar-refractivity contribution in [1.29, 1.82) is 0 Å². The van der Waals surface area contributed by atoms with E-state index in [1.54, 1.807) is 0 Å². The maximum Gasteiger partial charge on any atom is 0.107 e. The summed E-state index contributed by atoms with van der Waals surface area (Å²) in [5.74, 6) is 0. The lowest BCUT2D eigenvalue weighted by Crippen LogP contribution is -2.39. The zero-order chi connectivity index (χ0) is 18.3. The van der Waals surface area contributed by atoms with Gasteiger partial charge in [0.15, 0.2) is 0 Å². The molecule has 6 nitrogen and oxygen atoms in total. The number of hydrogen-bond acceptors (Lipinski definition) is 6. The summed E-state index contributed by atoms with van der Waals surface area (Å²) in [6.45, 7) is 10.2. The molecule has 0 aromatic rings. The Morgan fingerprint density at radius 3 is 2.19 bits per heavy atom. The van der Waals surface area contributed by atoms with Crippen LogP contribution in [0.15, 0.2) is 24.3 Å². The van der Waals surface area contributed by atoms with Gasteiger partial charge < -0.3 is 28.4 Å². The van der Waals surface area contributed by atoms with Crippen LogP contribution in [0.2, 0.25) is 0 Å². The molecule has 0 amide bonds. The summed E-state index contributed by atoms with van der Waals surface area (Å²) < 4.78 is 34.3. The fraction of sp³-hybridized carbons (Fsp3) is 0.800. The van der Waals surface area contributed by atoms with E-state index in [9.17, 15) is 0 Å². The van der Waals surface area contributed by atoms with Crippen molar-refractivity contribution in [2.75, 3.05) is 66.1 Å². The summed E-state index contributed by atoms with van der Waals surface area (Å²) in [4.78, 5) is 0. The summed E-state index contributed by atoms with van der Waals surface area (Å²) in [5, 5.41) is 0. The number of ether oxygens (including phenoxy) is 6. The molecule has 0 radical (unpaired) electrons. The van der Waals surface area contributed by atoms with E-state index in [-0.39, 0.29) is 12.2 Å². The van der Waals surface area contributed by atoms with Crippen molar-refractivity contribution in [3.05, 3.63) is 24.3 Å². The summed E-state index contributed by atoms with van der Waals surface area (Å²) in [7, 11) is 0. The van der Waals surface area contributed by atoms with Gasteiger partial charge in [-0.1, -0.05) is 18.7 Å². The summed E-state index contributed by atoms with van der Waals surface area (Å²) in [6, 6.07) is 0. The fourth-order valence-corrected chi connectivity index (χ4v) is 2.83. The number of fused-ring (bicyclic) bond motifs is 1. The van der Waals surface area contributed by atoms with Crippen molar-refractivity contribution in [3.63, 3.8) is 0 Å². The average Bonchev–Trinajstić information content (AvgIpc) is 2.65. The first-order valence-electron chi connectivity index (χ1n) is 9.72. The molecule has 0 spiro atoms. The highest BCUT2D eigenvalue weighted by atomic mass is 16.6. The van der Waals surface area contributed by atoms with Crippen molar-refractivity contribution in [2.45, 2.75) is 37.9 Å². The Morgan fingerprint density at radius 2 is 1.38 bits per heavy atom. The molecule has 1 fully saturated rings. The van der Waals surface area contributed by atoms with Crippen LogP contribution in [0.1, 0.15) is 25.7 Å². The molecule has 0 bridgehead atoms. The third-order valence-corrected chi connectivity index (χ3v) is 4.22. The minimum Gasteiger partial charge on any atom is -0.379 e. The average molecular weight is 370 g/mol. The molecule has 0 unspecified atom stereocenters. The van der Waals surface area contributed by atoms with Crippen LogP contribution in [0.5, 0.6) is 0 Å². The van der Waals surface area contributed by atoms with Crippen LogP contribution < -0.4 is 0 Å². The van der Waals surface area contributed by atoms with Gasteiger partial charge in [-0.2, -0.15) is 0 Å². The zero-order valence-corrected chi connectivity index (χ0v) is 15.9. The van der Waals surface area contributed by atoms with Crippen molar-refractivity contribution in [2.24, 2.45) is 0 Å². The first-order chi connectivity index (χ1) is 12.9. The van der Waals surface area contributed by atoms with Crippen molar-refractivity contribution in [1.82, 2.24) is 0 Å². The summed E-state index contributed by atoms with van der Waals surface area (Å²) in [6.07, 6.45) is 7.89. The molecule has 0 N–H and O–H groups in total. The Labute approximate surface area is 157 Å². The van der Waals surface area contributed by atoms with Gasteiger partial charge in [-0.3, -0.25) is 0 Å². The first-order valence-corrected chi connectivity index (χ1v) is 9.72. The van der Waals surface area contributed by atoms with Gasteiger partial charge in [0.05, 0.1) is 39.1 Å². The molecule has 2 aliphatic rings. The van der Waals surface area contributed by atoms with Crippen molar-refractivity contribution < 1.29 is 28.4 Å². The Hall–Kier alpha value is -0.760. The lowest BCUT2D eigenvalue weighted by Gasteiger charge is -2.31. The number of rotatable bonds is 0. The van der Waals surface area contributed by atoms with Crippen LogP contribution in [0, 0.1) is 0 Å². The zero-order valence-electron chi connectivity index (χ0n) is 15.9. The molecule has 2 heterocycles. The van der Waals surface area contributed by atoms with Crippen molar-refractivity contribution in [3.8, 4) is 0 Å². The smallest absolute Gasteiger partial charge is 0.107 e. The minimum absolute atomic E-state index is 0.0142. The van der Waals surface area contributed by atoms with E-state index in [0.717, 1.165) is 37.9 Å². The molecular formula is C20H34O6. The highest BCUT2D eigenvalue weighted by Crippen LogP contribution is 2.18. The maximum absolute atomic E-state index is 5.95. The second-order valence-corrected chi connectivity index (χ2v) is 6.61. The van der Waals surface area contributed by atoms with E-state index in [4.69, 9.17) is 28.4 Å². The van der Waals surface area contributed by atoms with Crippen LogP contribution in [0.25, 0.3) is 0 Å². The van der Waals surface area contributed by atoms with Gasteiger partial charge in [0.2, 0.25) is 0 Å². The molecule has 0 aliphatic carbocycles. The predicted octanol–water partition coefficient (Wildman–Crippen LogP) is 2.52. The van der Waals surface area contributed by atoms with Crippen LogP contribution in [0.3, 0.4) is 0 Å². The lowest BCUT2D eigenvalue weighted by molar-refractivity contribution is -0.126. The standard InChI is InChI=1S/C20H34O6/c1-18-15-22-10-5-9-21-8-2-3-13-25-19-7-4-14-26-20(19)17-24-12-6-11-23-16-18/h2-3,19-20H,1,4-17H2/b3-2+/t19-,20+/m0/s1. The Bertz CT molecular complexity index is 398. The minimum atomic E-state index is 0.0142. The van der Waals surface area contributed by atoms with E-state index >= 15 is 0 Å². The highest BCUT2D eigenvalue weighted by molar-refractivity contribution is 4.94. The Kier molecular flexibility index (Phi) is 11.9. The Morgan fingerprint density at radius 1 is 0.692 bits per heavy atom. The topological polar surface area (TPSA) is 55.4 Å². The second kappa shape index (κ2) is 14.3. The van der Waals surface area contributed by atoms with Gasteiger partial charge in [0, 0.05) is 33.0 Å². The van der Waals surface area contributed by atoms with Crippen LogP contribution in [-0.4, -0.2) is 78.3 Å². The SMILES string of the molecule is C=C1COCCCOC/C=C/CO[C@H]2CCCO[C@@H]2COCCCOC1. The molecule has 1 saturated heterocycles. The van der Waals surface area contributed by atoms with Gasteiger partial charge in [0.1, 0.15) is 6.10 Å². The van der Waals surface area contributed by atoms with Crippen LogP contribution in [0.4, 0.5) is 0 Å². The van der Waals surface area contributed by atoms with Crippen molar-refractivity contribution >= 4 is 0 Å². The molecule has 26 heavy (non-hydrogen) atoms. The predicted molar refractivity (Wildman–Crippen MR) is 99.5 cm³/mol. The monoisotopic (exact) mass is 370 g/mol. The fourth-order valence-electron chi connectivity index (χ4n) is 2.83. The van der Waals surface area contributed by atoms with E-state index in [0.29, 0.717) is 59.5 Å². The normalized spacial score (nSPS) is 30.7. The molecule has 0 aromatic carbocycles. The van der Waals surface area contributed by atoms with E-state index in [2.05, 4.69) is 6.58 Å². The molecular weight excluding hydrogens is 336 g/mol. The number of hydrogen-bond donors (Lipinski definition) is 0. The van der Waals surface area contributed by atoms with Crippen LogP contribution in [-0.2, 0) is 28.4 Å². The first kappa shape index (κ1) is 21.5. The van der Waals surface area contributed by atoms with E-state index in [1.807, 2.05) is 12.2 Å². The van der Waals surface area contributed by atoms with Crippen LogP contribution >= 0.6 is 0 Å². The summed E-state index contributed by atoms with van der Waals surface area (Å²) >= 11 is 0. The largest absolute Gasteiger partial charge is 0.379 e. The van der Waals surface area contributed by atoms with E-state index in [1.165, 1.54) is 0 Å². The molecule has 6 heteroatoms. The van der Waals surface area contributed by atoms with Gasteiger partial charge in [-0.15, -0.1) is 0 Å². The molecule has 2 aliphatic heterocycles. The third-order valence-electron chi connectivity index (χ3n) is 4.22. The quantitative estimate of drug-likeness (QED) is 0.611. The molecule has 150 valence electrons. The van der Waals surface area contributed by atoms with Gasteiger partial charge in [0.25, 0.3) is 0 Å².